The summed E-state index contributed by atoms with van der Waals surface area (Å²) in [6.07, 6.45) is -3.40. The number of nitrogens with one attached hydrogen (secondary N) is 2. The summed E-state index contributed by atoms with van der Waals surface area (Å²) in [6.45, 7) is 6.70. The van der Waals surface area contributed by atoms with Crippen molar-refractivity contribution in [2.45, 2.75) is 20.0 Å². The number of anilines is 4. The molecule has 2 N–H and O–H groups in total. The van der Waals surface area contributed by atoms with Gasteiger partial charge in [0.2, 0.25) is 11.8 Å². The van der Waals surface area contributed by atoms with Crippen molar-refractivity contribution in [1.82, 2.24) is 14.9 Å². The Kier molecular flexibility index (Phi) is 8.93. The van der Waals surface area contributed by atoms with E-state index in [1.165, 1.54) is 12.3 Å². The molecule has 230 valence electrons. The minimum absolute atomic E-state index is 0.0431. The zero-order chi connectivity index (χ0) is 31.6. The first-order valence-electron chi connectivity index (χ1n) is 13.7. The van der Waals surface area contributed by atoms with Crippen LogP contribution in [0.2, 0.25) is 5.02 Å². The van der Waals surface area contributed by atoms with Gasteiger partial charge in [-0.1, -0.05) is 29.8 Å². The smallest absolute Gasteiger partial charge is 0.416 e. The lowest BCUT2D eigenvalue weighted by atomic mass is 10.1. The average Bonchev–Trinajstić information content (AvgIpc) is 2.96. The third kappa shape index (κ3) is 7.03. The van der Waals surface area contributed by atoms with Gasteiger partial charge in [0.1, 0.15) is 17.1 Å². The Hall–Kier alpha value is -4.42. The lowest BCUT2D eigenvalue weighted by Crippen LogP contribution is -2.44. The highest BCUT2D eigenvalue weighted by Crippen LogP contribution is 2.37. The van der Waals surface area contributed by atoms with Crippen molar-refractivity contribution in [3.05, 3.63) is 93.9 Å². The van der Waals surface area contributed by atoms with E-state index in [-0.39, 0.29) is 28.2 Å². The summed E-state index contributed by atoms with van der Waals surface area (Å²) in [7, 11) is 2.02. The molecule has 1 fully saturated rings. The van der Waals surface area contributed by atoms with E-state index in [1.807, 2.05) is 44.0 Å². The fourth-order valence-electron chi connectivity index (χ4n) is 4.73. The second-order valence-electron chi connectivity index (χ2n) is 10.5. The number of benzene rings is 3. The van der Waals surface area contributed by atoms with E-state index < -0.39 is 23.5 Å². The number of aromatic nitrogens is 2. The number of rotatable bonds is 7. The van der Waals surface area contributed by atoms with E-state index in [0.29, 0.717) is 30.2 Å². The maximum atomic E-state index is 15.1. The molecule has 0 atom stereocenters. The van der Waals surface area contributed by atoms with Crippen LogP contribution in [0, 0.1) is 19.7 Å². The van der Waals surface area contributed by atoms with Crippen LogP contribution in [0.3, 0.4) is 0 Å². The second-order valence-corrected chi connectivity index (χ2v) is 10.9. The Morgan fingerprint density at radius 1 is 1.00 bits per heavy atom. The van der Waals surface area contributed by atoms with Crippen molar-refractivity contribution >= 4 is 40.5 Å². The van der Waals surface area contributed by atoms with Crippen molar-refractivity contribution < 1.29 is 27.1 Å². The van der Waals surface area contributed by atoms with Crippen LogP contribution in [0.1, 0.15) is 27.0 Å². The molecule has 0 bridgehead atoms. The van der Waals surface area contributed by atoms with Gasteiger partial charge in [-0.25, -0.2) is 9.37 Å². The topological polar surface area (TPSA) is 82.6 Å². The highest BCUT2D eigenvalue weighted by atomic mass is 35.5. The number of halogens is 5. The molecule has 4 aromatic rings. The largest absolute Gasteiger partial charge is 0.436 e. The molecule has 0 unspecified atom stereocenters. The molecule has 1 aliphatic heterocycles. The summed E-state index contributed by atoms with van der Waals surface area (Å²) in [5.41, 5.74) is 1.95. The summed E-state index contributed by atoms with van der Waals surface area (Å²) >= 11 is 6.13. The first-order chi connectivity index (χ1) is 20.9. The summed E-state index contributed by atoms with van der Waals surface area (Å²) in [5.74, 6) is -1.53. The van der Waals surface area contributed by atoms with Gasteiger partial charge >= 0.3 is 6.18 Å². The van der Waals surface area contributed by atoms with Gasteiger partial charge in [0.15, 0.2) is 0 Å². The zero-order valence-electron chi connectivity index (χ0n) is 24.1. The van der Waals surface area contributed by atoms with E-state index >= 15 is 4.39 Å². The molecule has 1 aromatic heterocycles. The lowest BCUT2D eigenvalue weighted by molar-refractivity contribution is -0.137. The minimum Gasteiger partial charge on any atom is -0.436 e. The molecule has 5 rings (SSSR count). The van der Waals surface area contributed by atoms with Gasteiger partial charge in [-0.2, -0.15) is 18.2 Å². The normalized spacial score (nSPS) is 14.0. The predicted molar refractivity (Wildman–Crippen MR) is 162 cm³/mol. The summed E-state index contributed by atoms with van der Waals surface area (Å²) in [4.78, 5) is 26.1. The van der Waals surface area contributed by atoms with Gasteiger partial charge in [-0.05, 0) is 68.4 Å². The van der Waals surface area contributed by atoms with E-state index in [4.69, 9.17) is 16.3 Å². The fraction of sp³-hybridized carbons (Fsp3) is 0.258. The molecule has 0 saturated carbocycles. The molecule has 1 amide bonds. The van der Waals surface area contributed by atoms with Gasteiger partial charge in [-0.3, -0.25) is 4.79 Å². The molecular weight excluding hydrogens is 600 g/mol. The Labute approximate surface area is 256 Å². The first-order valence-corrected chi connectivity index (χ1v) is 14.1. The maximum absolute atomic E-state index is 15.1. The van der Waals surface area contributed by atoms with Gasteiger partial charge in [0.25, 0.3) is 5.91 Å². The summed E-state index contributed by atoms with van der Waals surface area (Å²) in [5, 5.41) is 5.39. The van der Waals surface area contributed by atoms with Crippen LogP contribution in [0.15, 0.2) is 60.8 Å². The Bertz CT molecular complexity index is 1670. The maximum Gasteiger partial charge on any atom is 0.416 e. The molecule has 2 heterocycles. The Balaban J connectivity index is 1.45. The molecular formula is C31H29ClF4N6O2. The molecule has 0 radical (unpaired) electrons. The van der Waals surface area contributed by atoms with Gasteiger partial charge in [0, 0.05) is 43.8 Å². The van der Waals surface area contributed by atoms with E-state index in [9.17, 15) is 18.0 Å². The highest BCUT2D eigenvalue weighted by Gasteiger charge is 2.31. The summed E-state index contributed by atoms with van der Waals surface area (Å²) in [6, 6.07) is 12.7. The molecule has 8 nitrogen and oxygen atoms in total. The number of ether oxygens (including phenoxy) is 1. The van der Waals surface area contributed by atoms with Gasteiger partial charge in [0.05, 0.1) is 16.3 Å². The van der Waals surface area contributed by atoms with Crippen LogP contribution in [0.4, 0.5) is 40.6 Å². The molecule has 1 aliphatic rings. The monoisotopic (exact) mass is 628 g/mol. The van der Waals surface area contributed by atoms with E-state index in [0.717, 1.165) is 42.4 Å². The molecule has 44 heavy (non-hydrogen) atoms. The van der Waals surface area contributed by atoms with Crippen molar-refractivity contribution in [3.8, 4) is 11.6 Å². The SMILES string of the molecule is Cc1cccc(C)c1NC(=O)c1cnc(Nc2ccc(N3CCN(C)CC3)c(F)c2)nc1Oc1ccc(C(F)(F)F)cc1Cl. The van der Waals surface area contributed by atoms with Crippen LogP contribution in [0.5, 0.6) is 11.6 Å². The third-order valence-corrected chi connectivity index (χ3v) is 7.53. The Morgan fingerprint density at radius 2 is 1.70 bits per heavy atom. The standard InChI is InChI=1S/C31H29ClF4N6O2/c1-18-5-4-6-19(2)27(18)39-28(43)22-17-37-30(40-29(22)44-26-10-7-20(15-23(26)32)31(34,35)36)38-21-8-9-25(24(33)16-21)42-13-11-41(3)12-14-42/h4-10,15-17H,11-14H2,1-3H3,(H,39,43)(H,37,38,40). The van der Waals surface area contributed by atoms with E-state index in [1.54, 1.807) is 12.1 Å². The van der Waals surface area contributed by atoms with Crippen LogP contribution < -0.4 is 20.3 Å². The molecule has 0 aliphatic carbocycles. The molecule has 1 saturated heterocycles. The number of likely N-dealkylation sites (N-methyl/N-ethyl adjacent to an activating group) is 1. The molecule has 0 spiro atoms. The summed E-state index contributed by atoms with van der Waals surface area (Å²) < 4.78 is 60.5. The number of aryl methyl sites for hydroxylation is 2. The quantitative estimate of drug-likeness (QED) is 0.206. The predicted octanol–water partition coefficient (Wildman–Crippen LogP) is 7.44. The van der Waals surface area contributed by atoms with Crippen molar-refractivity contribution in [1.29, 1.82) is 0 Å². The van der Waals surface area contributed by atoms with Crippen LogP contribution in [0.25, 0.3) is 0 Å². The number of nitrogens with zero attached hydrogens (tertiary/aromatic N) is 4. The van der Waals surface area contributed by atoms with Crippen LogP contribution in [-0.4, -0.2) is 54.0 Å². The molecule has 3 aromatic carbocycles. The van der Waals surface area contributed by atoms with Crippen molar-refractivity contribution in [2.75, 3.05) is 48.8 Å². The van der Waals surface area contributed by atoms with Crippen LogP contribution in [-0.2, 0) is 6.18 Å². The van der Waals surface area contributed by atoms with E-state index in [2.05, 4.69) is 25.5 Å². The first kappa shape index (κ1) is 31.0. The van der Waals surface area contributed by atoms with Gasteiger partial charge in [-0.15, -0.1) is 0 Å². The second kappa shape index (κ2) is 12.7. The number of alkyl halides is 3. The van der Waals surface area contributed by atoms with Crippen LogP contribution >= 0.6 is 11.6 Å². The Morgan fingerprint density at radius 3 is 2.34 bits per heavy atom. The lowest BCUT2D eigenvalue weighted by Gasteiger charge is -2.34. The fourth-order valence-corrected chi connectivity index (χ4v) is 4.95. The number of para-hydroxylation sites is 1. The number of piperazine rings is 1. The number of hydrogen-bond acceptors (Lipinski definition) is 7. The number of carbonyl (C=O) groups is 1. The third-order valence-electron chi connectivity index (χ3n) is 7.23. The molecule has 13 heteroatoms. The van der Waals surface area contributed by atoms with Crippen molar-refractivity contribution in [2.24, 2.45) is 0 Å². The van der Waals surface area contributed by atoms with Gasteiger partial charge < -0.3 is 25.2 Å². The number of amides is 1. The minimum atomic E-state index is -4.61. The highest BCUT2D eigenvalue weighted by molar-refractivity contribution is 6.32. The number of carbonyl (C=O) groups excluding carboxylic acids is 1. The zero-order valence-corrected chi connectivity index (χ0v) is 24.9. The number of hydrogen-bond donors (Lipinski definition) is 2. The average molecular weight is 629 g/mol. The van der Waals surface area contributed by atoms with Crippen molar-refractivity contribution in [3.63, 3.8) is 0 Å².